The predicted molar refractivity (Wildman–Crippen MR) is 68.6 cm³/mol. The molecule has 0 aliphatic carbocycles. The molecule has 1 aromatic carbocycles. The average molecular weight is 289 g/mol. The largest absolute Gasteiger partial charge is 0.493 e. The van der Waals surface area contributed by atoms with E-state index in [4.69, 9.17) is 4.74 Å². The van der Waals surface area contributed by atoms with Crippen molar-refractivity contribution in [2.75, 3.05) is 6.61 Å². The van der Waals surface area contributed by atoms with Gasteiger partial charge in [-0.25, -0.2) is 4.39 Å². The van der Waals surface area contributed by atoms with Gasteiger partial charge in [0.1, 0.15) is 11.6 Å². The van der Waals surface area contributed by atoms with E-state index >= 15 is 0 Å². The van der Waals surface area contributed by atoms with Gasteiger partial charge in [0.2, 0.25) is 0 Å². The third-order valence-electron chi connectivity index (χ3n) is 2.40. The lowest BCUT2D eigenvalue weighted by Gasteiger charge is -2.12. The van der Waals surface area contributed by atoms with Crippen molar-refractivity contribution >= 4 is 15.9 Å². The Kier molecular flexibility index (Phi) is 5.81. The van der Waals surface area contributed by atoms with E-state index in [1.165, 1.54) is 12.1 Å². The standard InChI is InChI=1S/C13H18BrFO/c1-3-4-10(2)9-16-13-6-11(8-14)5-12(15)7-13/h5-7,10H,3-4,8-9H2,1-2H3. The van der Waals surface area contributed by atoms with E-state index in [1.54, 1.807) is 0 Å². The number of ether oxygens (including phenoxy) is 1. The average Bonchev–Trinajstić information content (AvgIpc) is 2.26. The van der Waals surface area contributed by atoms with E-state index in [1.807, 2.05) is 6.07 Å². The Morgan fingerprint density at radius 3 is 2.75 bits per heavy atom. The van der Waals surface area contributed by atoms with Crippen LogP contribution in [-0.2, 0) is 5.33 Å². The Bertz CT molecular complexity index is 328. The van der Waals surface area contributed by atoms with E-state index in [2.05, 4.69) is 29.8 Å². The second kappa shape index (κ2) is 6.89. The molecule has 0 aromatic heterocycles. The summed E-state index contributed by atoms with van der Waals surface area (Å²) in [7, 11) is 0. The van der Waals surface area contributed by atoms with Crippen LogP contribution >= 0.6 is 15.9 Å². The smallest absolute Gasteiger partial charge is 0.127 e. The molecule has 0 saturated carbocycles. The Hall–Kier alpha value is -0.570. The van der Waals surface area contributed by atoms with Crippen molar-refractivity contribution in [3.05, 3.63) is 29.6 Å². The summed E-state index contributed by atoms with van der Waals surface area (Å²) in [6.45, 7) is 4.95. The molecule has 1 aromatic rings. The highest BCUT2D eigenvalue weighted by Crippen LogP contribution is 2.19. The lowest BCUT2D eigenvalue weighted by atomic mass is 10.1. The zero-order valence-electron chi connectivity index (χ0n) is 9.80. The molecule has 0 aliphatic rings. The third kappa shape index (κ3) is 4.52. The van der Waals surface area contributed by atoms with E-state index < -0.39 is 0 Å². The molecule has 0 spiro atoms. The third-order valence-corrected chi connectivity index (χ3v) is 3.05. The highest BCUT2D eigenvalue weighted by Gasteiger charge is 2.04. The van der Waals surface area contributed by atoms with Crippen LogP contribution < -0.4 is 4.74 Å². The van der Waals surface area contributed by atoms with Crippen LogP contribution in [0.3, 0.4) is 0 Å². The van der Waals surface area contributed by atoms with Crippen molar-refractivity contribution in [1.82, 2.24) is 0 Å². The van der Waals surface area contributed by atoms with Crippen LogP contribution in [0.2, 0.25) is 0 Å². The minimum atomic E-state index is -0.241. The fourth-order valence-electron chi connectivity index (χ4n) is 1.60. The summed E-state index contributed by atoms with van der Waals surface area (Å²) in [6.07, 6.45) is 2.29. The Morgan fingerprint density at radius 1 is 1.38 bits per heavy atom. The summed E-state index contributed by atoms with van der Waals surface area (Å²) in [5.41, 5.74) is 0.901. The van der Waals surface area contributed by atoms with Gasteiger partial charge in [-0.3, -0.25) is 0 Å². The minimum Gasteiger partial charge on any atom is -0.493 e. The van der Waals surface area contributed by atoms with E-state index in [0.717, 1.165) is 18.4 Å². The van der Waals surface area contributed by atoms with Crippen LogP contribution in [0.5, 0.6) is 5.75 Å². The van der Waals surface area contributed by atoms with Crippen LogP contribution in [0.15, 0.2) is 18.2 Å². The van der Waals surface area contributed by atoms with Gasteiger partial charge in [0, 0.05) is 11.4 Å². The first kappa shape index (κ1) is 13.5. The number of benzene rings is 1. The van der Waals surface area contributed by atoms with Crippen molar-refractivity contribution in [3.8, 4) is 5.75 Å². The molecule has 1 unspecified atom stereocenters. The molecule has 1 rings (SSSR count). The summed E-state index contributed by atoms with van der Waals surface area (Å²) in [4.78, 5) is 0. The lowest BCUT2D eigenvalue weighted by molar-refractivity contribution is 0.250. The minimum absolute atomic E-state index is 0.241. The molecule has 0 fully saturated rings. The number of rotatable bonds is 6. The Morgan fingerprint density at radius 2 is 2.12 bits per heavy atom. The van der Waals surface area contributed by atoms with Crippen molar-refractivity contribution in [2.45, 2.75) is 32.0 Å². The highest BCUT2D eigenvalue weighted by atomic mass is 79.9. The van der Waals surface area contributed by atoms with E-state index in [-0.39, 0.29) is 5.82 Å². The number of hydrogen-bond donors (Lipinski definition) is 0. The molecule has 1 atom stereocenters. The Labute approximate surface area is 105 Å². The van der Waals surface area contributed by atoms with Gasteiger partial charge in [-0.15, -0.1) is 0 Å². The van der Waals surface area contributed by atoms with E-state index in [0.29, 0.717) is 23.6 Å². The quantitative estimate of drug-likeness (QED) is 0.699. The fourth-order valence-corrected chi connectivity index (χ4v) is 1.92. The van der Waals surface area contributed by atoms with Gasteiger partial charge >= 0.3 is 0 Å². The zero-order valence-corrected chi connectivity index (χ0v) is 11.4. The highest BCUT2D eigenvalue weighted by molar-refractivity contribution is 9.08. The van der Waals surface area contributed by atoms with Crippen LogP contribution in [-0.4, -0.2) is 6.61 Å². The first-order chi connectivity index (χ1) is 7.65. The van der Waals surface area contributed by atoms with Crippen LogP contribution in [0.25, 0.3) is 0 Å². The maximum Gasteiger partial charge on any atom is 0.127 e. The molecule has 0 radical (unpaired) electrons. The van der Waals surface area contributed by atoms with Gasteiger partial charge in [-0.2, -0.15) is 0 Å². The second-order valence-corrected chi connectivity index (χ2v) is 4.69. The summed E-state index contributed by atoms with van der Waals surface area (Å²) in [6, 6.07) is 4.82. The molecule has 90 valence electrons. The molecule has 0 saturated heterocycles. The molecular weight excluding hydrogens is 271 g/mol. The van der Waals surface area contributed by atoms with Gasteiger partial charge in [0.15, 0.2) is 0 Å². The molecule has 0 N–H and O–H groups in total. The first-order valence-electron chi connectivity index (χ1n) is 5.64. The molecule has 0 amide bonds. The normalized spacial score (nSPS) is 12.5. The second-order valence-electron chi connectivity index (χ2n) is 4.13. The SMILES string of the molecule is CCCC(C)COc1cc(F)cc(CBr)c1. The monoisotopic (exact) mass is 288 g/mol. The molecule has 1 nitrogen and oxygen atoms in total. The van der Waals surface area contributed by atoms with Gasteiger partial charge in [-0.1, -0.05) is 36.2 Å². The molecule has 0 bridgehead atoms. The zero-order chi connectivity index (χ0) is 12.0. The van der Waals surface area contributed by atoms with Crippen LogP contribution in [0, 0.1) is 11.7 Å². The molecule has 3 heteroatoms. The molecule has 16 heavy (non-hydrogen) atoms. The van der Waals surface area contributed by atoms with Gasteiger partial charge in [-0.05, 0) is 30.0 Å². The Balaban J connectivity index is 2.56. The summed E-state index contributed by atoms with van der Waals surface area (Å²) in [5, 5.41) is 0.644. The van der Waals surface area contributed by atoms with Crippen molar-refractivity contribution in [2.24, 2.45) is 5.92 Å². The van der Waals surface area contributed by atoms with Gasteiger partial charge in [0.05, 0.1) is 6.61 Å². The number of hydrogen-bond acceptors (Lipinski definition) is 1. The first-order valence-corrected chi connectivity index (χ1v) is 6.76. The summed E-state index contributed by atoms with van der Waals surface area (Å²) in [5.74, 6) is 0.896. The maximum absolute atomic E-state index is 13.2. The topological polar surface area (TPSA) is 9.23 Å². The van der Waals surface area contributed by atoms with Gasteiger partial charge in [0.25, 0.3) is 0 Å². The van der Waals surface area contributed by atoms with Crippen LogP contribution in [0.1, 0.15) is 32.3 Å². The van der Waals surface area contributed by atoms with Crippen LogP contribution in [0.4, 0.5) is 4.39 Å². The lowest BCUT2D eigenvalue weighted by Crippen LogP contribution is -2.08. The fraction of sp³-hybridized carbons (Fsp3) is 0.538. The van der Waals surface area contributed by atoms with Crippen molar-refractivity contribution < 1.29 is 9.13 Å². The van der Waals surface area contributed by atoms with Gasteiger partial charge < -0.3 is 4.74 Å². The maximum atomic E-state index is 13.2. The summed E-state index contributed by atoms with van der Waals surface area (Å²) < 4.78 is 18.8. The number of alkyl halides is 1. The van der Waals surface area contributed by atoms with Crippen molar-refractivity contribution in [3.63, 3.8) is 0 Å². The molecule has 0 aliphatic heterocycles. The number of halogens is 2. The predicted octanol–water partition coefficient (Wildman–Crippen LogP) is 4.54. The van der Waals surface area contributed by atoms with E-state index in [9.17, 15) is 4.39 Å². The van der Waals surface area contributed by atoms with Crippen molar-refractivity contribution in [1.29, 1.82) is 0 Å². The summed E-state index contributed by atoms with van der Waals surface area (Å²) >= 11 is 3.31. The molecule has 0 heterocycles. The molecular formula is C13H18BrFO.